The number of rotatable bonds is 7. The zero-order valence-corrected chi connectivity index (χ0v) is 17.5. The van der Waals surface area contributed by atoms with Crippen LogP contribution in [0.15, 0.2) is 53.7 Å². The van der Waals surface area contributed by atoms with E-state index in [1.54, 1.807) is 6.92 Å². The molecular weight excluding hydrogens is 430 g/mol. The second kappa shape index (κ2) is 8.97. The maximum atomic E-state index is 12.4. The lowest BCUT2D eigenvalue weighted by Gasteiger charge is -2.14. The fourth-order valence-electron chi connectivity index (χ4n) is 2.24. The molecule has 0 radical (unpaired) electrons. The van der Waals surface area contributed by atoms with Gasteiger partial charge >= 0.3 is 5.97 Å². The Bertz CT molecular complexity index is 1150. The number of esters is 1. The fraction of sp³-hybridized carbons (Fsp3) is 0.167. The number of sulfonamides is 1. The highest BCUT2D eigenvalue weighted by Gasteiger charge is 2.20. The highest BCUT2D eigenvalue weighted by molar-refractivity contribution is 7.93. The molecule has 0 spiro atoms. The first-order valence-electron chi connectivity index (χ1n) is 8.59. The molecule has 1 aromatic carbocycles. The lowest BCUT2D eigenvalue weighted by molar-refractivity contribution is -0.123. The van der Waals surface area contributed by atoms with Gasteiger partial charge in [-0.3, -0.25) is 14.5 Å². The van der Waals surface area contributed by atoms with Gasteiger partial charge in [0.05, 0.1) is 10.5 Å². The van der Waals surface area contributed by atoms with Gasteiger partial charge in [-0.1, -0.05) is 11.3 Å². The first-order chi connectivity index (χ1) is 14.2. The Morgan fingerprint density at radius 3 is 2.33 bits per heavy atom. The first kappa shape index (κ1) is 21.3. The van der Waals surface area contributed by atoms with Crippen molar-refractivity contribution in [1.29, 1.82) is 0 Å². The van der Waals surface area contributed by atoms with Crippen LogP contribution < -0.4 is 10.0 Å². The smallest absolute Gasteiger partial charge is 0.339 e. The molecule has 1 unspecified atom stereocenters. The largest absolute Gasteiger partial charge is 0.449 e. The number of hydrogen-bond donors (Lipinski definition) is 2. The summed E-state index contributed by atoms with van der Waals surface area (Å²) in [6.45, 7) is 3.14. The molecule has 2 N–H and O–H groups in total. The molecule has 0 aliphatic rings. The van der Waals surface area contributed by atoms with Crippen molar-refractivity contribution >= 4 is 44.1 Å². The van der Waals surface area contributed by atoms with Crippen molar-refractivity contribution in [3.63, 3.8) is 0 Å². The second-order valence-electron chi connectivity index (χ2n) is 6.03. The summed E-state index contributed by atoms with van der Waals surface area (Å²) < 4.78 is 32.2. The highest BCUT2D eigenvalue weighted by Crippen LogP contribution is 2.20. The monoisotopic (exact) mass is 447 g/mol. The Balaban J connectivity index is 1.60. The Morgan fingerprint density at radius 1 is 1.07 bits per heavy atom. The van der Waals surface area contributed by atoms with Crippen LogP contribution >= 0.6 is 11.3 Å². The van der Waals surface area contributed by atoms with Crippen LogP contribution in [-0.4, -0.2) is 41.6 Å². The van der Waals surface area contributed by atoms with Crippen molar-refractivity contribution in [2.75, 3.05) is 10.0 Å². The first-order valence-corrected chi connectivity index (χ1v) is 10.9. The maximum Gasteiger partial charge on any atom is 0.339 e. The second-order valence-corrected chi connectivity index (χ2v) is 8.89. The van der Waals surface area contributed by atoms with Crippen molar-refractivity contribution in [2.24, 2.45) is 0 Å². The van der Waals surface area contributed by atoms with E-state index in [0.29, 0.717) is 10.7 Å². The van der Waals surface area contributed by atoms with Crippen LogP contribution in [0.2, 0.25) is 0 Å². The fourth-order valence-corrected chi connectivity index (χ4v) is 4.06. The van der Waals surface area contributed by atoms with E-state index >= 15 is 0 Å². The Labute approximate surface area is 176 Å². The van der Waals surface area contributed by atoms with Gasteiger partial charge in [0.15, 0.2) is 6.10 Å². The number of hydrogen-bond acceptors (Lipinski definition) is 9. The number of nitrogens with one attached hydrogen (secondary N) is 2. The summed E-state index contributed by atoms with van der Waals surface area (Å²) in [6.07, 6.45) is 1.83. The van der Waals surface area contributed by atoms with Gasteiger partial charge in [-0.2, -0.15) is 0 Å². The quantitative estimate of drug-likeness (QED) is 0.526. The third-order valence-corrected chi connectivity index (χ3v) is 5.99. The molecule has 1 atom stereocenters. The number of benzene rings is 1. The van der Waals surface area contributed by atoms with Crippen molar-refractivity contribution in [1.82, 2.24) is 15.2 Å². The normalized spacial score (nSPS) is 12.1. The Hall–Kier alpha value is -3.38. The molecule has 0 saturated heterocycles. The Morgan fingerprint density at radius 2 is 1.73 bits per heavy atom. The van der Waals surface area contributed by atoms with Gasteiger partial charge in [0.25, 0.3) is 15.9 Å². The minimum absolute atomic E-state index is 0.00878. The minimum atomic E-state index is -3.84. The van der Waals surface area contributed by atoms with Crippen LogP contribution in [0.3, 0.4) is 0 Å². The van der Waals surface area contributed by atoms with Crippen molar-refractivity contribution in [3.8, 4) is 0 Å². The molecule has 156 valence electrons. The number of ether oxygens (including phenoxy) is 1. The molecule has 0 aliphatic carbocycles. The van der Waals surface area contributed by atoms with Gasteiger partial charge < -0.3 is 10.1 Å². The van der Waals surface area contributed by atoms with E-state index in [1.165, 1.54) is 55.7 Å². The summed E-state index contributed by atoms with van der Waals surface area (Å²) >= 11 is 1.11. The summed E-state index contributed by atoms with van der Waals surface area (Å²) in [6, 6.07) is 8.47. The number of amides is 1. The van der Waals surface area contributed by atoms with Gasteiger partial charge in [-0.25, -0.2) is 13.2 Å². The standard InChI is InChI=1S/C18H17N5O5S2/c1-11(28-17(25)13-7-9-19-10-8-13)16(24)20-14-3-5-15(6-4-14)30(26,27)23-18-22-21-12(2)29-18/h3-11H,1-2H3,(H,20,24)(H,22,23). The SMILES string of the molecule is Cc1nnc(NS(=O)(=O)c2ccc(NC(=O)C(C)OC(=O)c3ccncc3)cc2)s1. The predicted octanol–water partition coefficient (Wildman–Crippen LogP) is 2.23. The van der Waals surface area contributed by atoms with Crippen LogP contribution in [0.5, 0.6) is 0 Å². The lowest BCUT2D eigenvalue weighted by Crippen LogP contribution is -2.30. The molecule has 0 saturated carbocycles. The number of carbonyl (C=O) groups excluding carboxylic acids is 2. The summed E-state index contributed by atoms with van der Waals surface area (Å²) in [4.78, 5) is 28.1. The number of anilines is 2. The zero-order chi connectivity index (χ0) is 21.7. The van der Waals surface area contributed by atoms with E-state index < -0.39 is 28.0 Å². The van der Waals surface area contributed by atoms with Crippen molar-refractivity contribution in [2.45, 2.75) is 24.8 Å². The van der Waals surface area contributed by atoms with E-state index in [1.807, 2.05) is 0 Å². The molecule has 0 fully saturated rings. The maximum absolute atomic E-state index is 12.4. The summed E-state index contributed by atoms with van der Waals surface area (Å²) in [5.74, 6) is -1.21. The molecule has 3 aromatic rings. The third-order valence-electron chi connectivity index (χ3n) is 3.75. The lowest BCUT2D eigenvalue weighted by atomic mass is 10.2. The van der Waals surface area contributed by atoms with Crippen LogP contribution in [-0.2, 0) is 19.6 Å². The molecule has 0 aliphatic heterocycles. The van der Waals surface area contributed by atoms with Gasteiger partial charge in [0, 0.05) is 18.1 Å². The average molecular weight is 447 g/mol. The molecule has 2 aromatic heterocycles. The number of pyridine rings is 1. The van der Waals surface area contributed by atoms with Crippen LogP contribution in [0.25, 0.3) is 0 Å². The van der Waals surface area contributed by atoms with Crippen LogP contribution in [0, 0.1) is 6.92 Å². The van der Waals surface area contributed by atoms with Crippen LogP contribution in [0.4, 0.5) is 10.8 Å². The van der Waals surface area contributed by atoms with Crippen molar-refractivity contribution < 1.29 is 22.7 Å². The van der Waals surface area contributed by atoms with Gasteiger partial charge in [0.1, 0.15) is 5.01 Å². The topological polar surface area (TPSA) is 140 Å². The van der Waals surface area contributed by atoms with E-state index in [4.69, 9.17) is 4.74 Å². The summed E-state index contributed by atoms with van der Waals surface area (Å²) in [5, 5.41) is 10.8. The Kier molecular flexibility index (Phi) is 6.37. The molecule has 12 heteroatoms. The number of aryl methyl sites for hydroxylation is 1. The molecule has 10 nitrogen and oxygen atoms in total. The van der Waals surface area contributed by atoms with Gasteiger partial charge in [-0.05, 0) is 50.2 Å². The highest BCUT2D eigenvalue weighted by atomic mass is 32.2. The number of aromatic nitrogens is 3. The molecule has 30 heavy (non-hydrogen) atoms. The molecule has 0 bridgehead atoms. The molecule has 2 heterocycles. The van der Waals surface area contributed by atoms with Crippen molar-refractivity contribution in [3.05, 3.63) is 59.4 Å². The predicted molar refractivity (Wildman–Crippen MR) is 110 cm³/mol. The number of carbonyl (C=O) groups is 2. The third kappa shape index (κ3) is 5.36. The van der Waals surface area contributed by atoms with Crippen LogP contribution in [0.1, 0.15) is 22.3 Å². The minimum Gasteiger partial charge on any atom is -0.449 e. The van der Waals surface area contributed by atoms with E-state index in [9.17, 15) is 18.0 Å². The van der Waals surface area contributed by atoms with E-state index in [2.05, 4.69) is 25.2 Å². The molecule has 3 rings (SSSR count). The van der Waals surface area contributed by atoms with Gasteiger partial charge in [0.2, 0.25) is 5.13 Å². The van der Waals surface area contributed by atoms with E-state index in [0.717, 1.165) is 11.3 Å². The average Bonchev–Trinajstić information content (AvgIpc) is 3.12. The summed E-state index contributed by atoms with van der Waals surface area (Å²) in [7, 11) is -3.84. The molecule has 1 amide bonds. The summed E-state index contributed by atoms with van der Waals surface area (Å²) in [5.41, 5.74) is 0.620. The zero-order valence-electron chi connectivity index (χ0n) is 15.9. The molecular formula is C18H17N5O5S2. The number of nitrogens with zero attached hydrogens (tertiary/aromatic N) is 3. The van der Waals surface area contributed by atoms with E-state index in [-0.39, 0.29) is 15.6 Å². The van der Waals surface area contributed by atoms with Gasteiger partial charge in [-0.15, -0.1) is 10.2 Å².